The van der Waals surface area contributed by atoms with E-state index in [4.69, 9.17) is 17.3 Å². The summed E-state index contributed by atoms with van der Waals surface area (Å²) in [4.78, 5) is 12.9. The molecule has 0 aliphatic heterocycles. The number of hydrogen-bond acceptors (Lipinski definition) is 3. The van der Waals surface area contributed by atoms with E-state index in [1.54, 1.807) is 0 Å². The molecule has 0 bridgehead atoms. The Morgan fingerprint density at radius 1 is 1.36 bits per heavy atom. The predicted octanol–water partition coefficient (Wildman–Crippen LogP) is 2.24. The molecule has 2 N–H and O–H groups in total. The van der Waals surface area contributed by atoms with Crippen molar-refractivity contribution in [2.75, 3.05) is 20.1 Å². The van der Waals surface area contributed by atoms with Crippen LogP contribution in [-0.2, 0) is 18.1 Å². The minimum Gasteiger partial charge on any atom is -0.340 e. The molecule has 0 radical (unpaired) electrons. The Morgan fingerprint density at radius 2 is 1.91 bits per heavy atom. The van der Waals surface area contributed by atoms with Gasteiger partial charge < -0.3 is 10.6 Å². The van der Waals surface area contributed by atoms with Crippen LogP contribution < -0.4 is 5.73 Å². The molecule has 1 rings (SSSR count). The van der Waals surface area contributed by atoms with Gasteiger partial charge in [0.2, 0.25) is 0 Å². The lowest BCUT2D eigenvalue weighted by atomic mass is 10.1. The fraction of sp³-hybridized carbons (Fsp3) is 0.636. The molecule has 22 heavy (non-hydrogen) atoms. The highest BCUT2D eigenvalue weighted by atomic mass is 35.5. The summed E-state index contributed by atoms with van der Waals surface area (Å²) in [7, 11) is 1.15. The van der Waals surface area contributed by atoms with E-state index in [1.165, 1.54) is 6.92 Å². The molecule has 0 unspecified atom stereocenters. The normalized spacial score (nSPS) is 12.6. The van der Waals surface area contributed by atoms with Crippen LogP contribution in [0.5, 0.6) is 0 Å². The van der Waals surface area contributed by atoms with Crippen LogP contribution in [0, 0.1) is 0 Å². The summed E-state index contributed by atoms with van der Waals surface area (Å²) in [5, 5.41) is -1.10. The van der Waals surface area contributed by atoms with E-state index in [1.807, 2.05) is 0 Å². The number of aromatic nitrogens is 2. The van der Waals surface area contributed by atoms with Gasteiger partial charge in [-0.15, -0.1) is 0 Å². The van der Waals surface area contributed by atoms with Gasteiger partial charge in [0, 0.05) is 26.7 Å². The Kier molecular flexibility index (Phi) is 5.39. The molecule has 11 heteroatoms. The third-order valence-electron chi connectivity index (χ3n) is 2.81. The number of aryl methyl sites for hydroxylation is 1. The smallest absolute Gasteiger partial charge is 0.340 e. The predicted molar refractivity (Wildman–Crippen MR) is 68.7 cm³/mol. The zero-order valence-corrected chi connectivity index (χ0v) is 12.5. The van der Waals surface area contributed by atoms with Gasteiger partial charge in [0.15, 0.2) is 5.69 Å². The van der Waals surface area contributed by atoms with E-state index in [0.29, 0.717) is 4.68 Å². The van der Waals surface area contributed by atoms with E-state index in [2.05, 4.69) is 5.10 Å². The number of amides is 1. The van der Waals surface area contributed by atoms with Gasteiger partial charge in [-0.05, 0) is 18.5 Å². The van der Waals surface area contributed by atoms with E-state index in [-0.39, 0.29) is 19.6 Å². The minimum atomic E-state index is -5.08. The maximum absolute atomic E-state index is 13.5. The van der Waals surface area contributed by atoms with Crippen LogP contribution in [0.15, 0.2) is 0 Å². The van der Waals surface area contributed by atoms with Gasteiger partial charge in [-0.3, -0.25) is 9.48 Å². The Balaban J connectivity index is 3.63. The first kappa shape index (κ1) is 18.6. The van der Waals surface area contributed by atoms with Crippen molar-refractivity contribution in [1.29, 1.82) is 0 Å². The van der Waals surface area contributed by atoms with Crippen LogP contribution in [0.2, 0.25) is 0 Å². The maximum Gasteiger partial charge on any atom is 0.435 e. The van der Waals surface area contributed by atoms with Gasteiger partial charge in [0.1, 0.15) is 11.3 Å². The van der Waals surface area contributed by atoms with E-state index < -0.39 is 34.4 Å². The van der Waals surface area contributed by atoms with Crippen molar-refractivity contribution in [2.24, 2.45) is 5.73 Å². The molecular formula is C11H14ClF5N4O. The van der Waals surface area contributed by atoms with Crippen LogP contribution in [0.3, 0.4) is 0 Å². The molecule has 0 aromatic carbocycles. The second kappa shape index (κ2) is 6.37. The van der Waals surface area contributed by atoms with Crippen molar-refractivity contribution < 1.29 is 26.7 Å². The summed E-state index contributed by atoms with van der Waals surface area (Å²) in [5.41, 5.74) is 0.979. The van der Waals surface area contributed by atoms with Crippen molar-refractivity contribution in [3.8, 4) is 0 Å². The fourth-order valence-corrected chi connectivity index (χ4v) is 2.06. The number of carbonyl (C=O) groups is 1. The van der Waals surface area contributed by atoms with Gasteiger partial charge in [-0.1, -0.05) is 0 Å². The second-order valence-corrected chi connectivity index (χ2v) is 4.87. The average Bonchev–Trinajstić information content (AvgIpc) is 2.77. The molecule has 0 fully saturated rings. The molecule has 1 amide bonds. The third kappa shape index (κ3) is 3.67. The lowest BCUT2D eigenvalue weighted by Crippen LogP contribution is -2.34. The summed E-state index contributed by atoms with van der Waals surface area (Å²) in [6.07, 6.45) is -5.08. The van der Waals surface area contributed by atoms with E-state index >= 15 is 0 Å². The first-order chi connectivity index (χ1) is 9.95. The number of rotatable bonds is 5. The Hall–Kier alpha value is -1.42. The number of likely N-dealkylation sites (N-methyl/N-ethyl adjacent to an activating group) is 1. The highest BCUT2D eigenvalue weighted by Gasteiger charge is 2.47. The molecule has 1 heterocycles. The van der Waals surface area contributed by atoms with Gasteiger partial charge in [0.05, 0.1) is 0 Å². The molecule has 5 nitrogen and oxygen atoms in total. The maximum atomic E-state index is 13.5. The molecule has 0 aliphatic rings. The highest BCUT2D eigenvalue weighted by Crippen LogP contribution is 2.41. The number of alkyl halides is 6. The van der Waals surface area contributed by atoms with Crippen LogP contribution in [-0.4, -0.2) is 40.7 Å². The quantitative estimate of drug-likeness (QED) is 0.655. The summed E-state index contributed by atoms with van der Waals surface area (Å²) in [6, 6.07) is 0. The molecular weight excluding hydrogens is 335 g/mol. The number of halogens is 6. The van der Waals surface area contributed by atoms with Gasteiger partial charge in [0.25, 0.3) is 5.91 Å². The highest BCUT2D eigenvalue weighted by molar-refractivity contribution is 6.22. The lowest BCUT2D eigenvalue weighted by molar-refractivity contribution is -0.141. The summed E-state index contributed by atoms with van der Waals surface area (Å²) < 4.78 is 66.5. The third-order valence-corrected chi connectivity index (χ3v) is 2.99. The molecule has 126 valence electrons. The lowest BCUT2D eigenvalue weighted by Gasteiger charge is -2.19. The topological polar surface area (TPSA) is 64.2 Å². The van der Waals surface area contributed by atoms with Crippen molar-refractivity contribution >= 4 is 17.5 Å². The number of nitrogens with two attached hydrogens (primary N) is 1. The SMILES string of the molecule is CCn1nc(C(F)(F)F)c(C(=O)N(C)CCN)c1C(F)(F)Cl. The monoisotopic (exact) mass is 348 g/mol. The largest absolute Gasteiger partial charge is 0.435 e. The zero-order chi connectivity index (χ0) is 17.3. The van der Waals surface area contributed by atoms with Crippen molar-refractivity contribution in [1.82, 2.24) is 14.7 Å². The Morgan fingerprint density at radius 3 is 2.27 bits per heavy atom. The summed E-state index contributed by atoms with van der Waals surface area (Å²) in [5.74, 6) is -1.27. The van der Waals surface area contributed by atoms with Crippen molar-refractivity contribution in [2.45, 2.75) is 25.0 Å². The number of nitrogens with zero attached hydrogens (tertiary/aromatic N) is 3. The van der Waals surface area contributed by atoms with Gasteiger partial charge in [-0.25, -0.2) is 0 Å². The molecule has 1 aromatic rings. The van der Waals surface area contributed by atoms with Crippen LogP contribution in [0.1, 0.15) is 28.7 Å². The minimum absolute atomic E-state index is 0.0435. The first-order valence-corrected chi connectivity index (χ1v) is 6.53. The summed E-state index contributed by atoms with van der Waals surface area (Å²) in [6.45, 7) is 0.838. The molecule has 0 atom stereocenters. The molecule has 0 spiro atoms. The van der Waals surface area contributed by atoms with E-state index in [9.17, 15) is 26.7 Å². The van der Waals surface area contributed by atoms with Crippen LogP contribution in [0.25, 0.3) is 0 Å². The van der Waals surface area contributed by atoms with E-state index in [0.717, 1.165) is 11.9 Å². The first-order valence-electron chi connectivity index (χ1n) is 6.15. The van der Waals surface area contributed by atoms with Gasteiger partial charge in [-0.2, -0.15) is 27.1 Å². The molecule has 0 saturated heterocycles. The number of carbonyl (C=O) groups excluding carboxylic acids is 1. The van der Waals surface area contributed by atoms with Crippen LogP contribution in [0.4, 0.5) is 22.0 Å². The van der Waals surface area contributed by atoms with Crippen molar-refractivity contribution in [3.63, 3.8) is 0 Å². The molecule has 0 saturated carbocycles. The Labute approximate surface area is 127 Å². The van der Waals surface area contributed by atoms with Gasteiger partial charge >= 0.3 is 11.6 Å². The average molecular weight is 349 g/mol. The molecule has 1 aromatic heterocycles. The Bertz CT molecular complexity index is 552. The summed E-state index contributed by atoms with van der Waals surface area (Å²) >= 11 is 4.88. The zero-order valence-electron chi connectivity index (χ0n) is 11.7. The second-order valence-electron chi connectivity index (χ2n) is 4.40. The van der Waals surface area contributed by atoms with Crippen molar-refractivity contribution in [3.05, 3.63) is 17.0 Å². The molecule has 0 aliphatic carbocycles. The standard InChI is InChI=1S/C11H14ClF5N4O/c1-3-21-8(10(12,13)14)6(7(19-21)11(15,16)17)9(22)20(2)5-4-18/h3-5,18H2,1-2H3. The fourth-order valence-electron chi connectivity index (χ4n) is 1.87. The van der Waals surface area contributed by atoms with Crippen LogP contribution >= 0.6 is 11.6 Å². The number of hydrogen-bond donors (Lipinski definition) is 1.